The summed E-state index contributed by atoms with van der Waals surface area (Å²) in [4.78, 5) is 2.56. The third kappa shape index (κ3) is 3.10. The summed E-state index contributed by atoms with van der Waals surface area (Å²) >= 11 is 0. The normalized spacial score (nSPS) is 29.0. The third-order valence-corrected chi connectivity index (χ3v) is 3.09. The fraction of sp³-hybridized carbons (Fsp3) is 0.833. The van der Waals surface area contributed by atoms with Crippen LogP contribution in [0.2, 0.25) is 0 Å². The van der Waals surface area contributed by atoms with Gasteiger partial charge in [-0.15, -0.1) is 6.58 Å². The molecule has 2 atom stereocenters. The minimum Gasteiger partial charge on any atom is -0.311 e. The Morgan fingerprint density at radius 2 is 2.29 bits per heavy atom. The van der Waals surface area contributed by atoms with Crippen LogP contribution in [0.15, 0.2) is 12.7 Å². The second-order valence-corrected chi connectivity index (χ2v) is 4.20. The summed E-state index contributed by atoms with van der Waals surface area (Å²) in [5.74, 6) is 0. The van der Waals surface area contributed by atoms with Gasteiger partial charge in [-0.25, -0.2) is 0 Å². The van der Waals surface area contributed by atoms with Gasteiger partial charge in [0.05, 0.1) is 0 Å². The van der Waals surface area contributed by atoms with E-state index in [-0.39, 0.29) is 0 Å². The van der Waals surface area contributed by atoms with Crippen LogP contribution in [0.1, 0.15) is 33.1 Å². The van der Waals surface area contributed by atoms with Crippen molar-refractivity contribution in [3.05, 3.63) is 12.7 Å². The van der Waals surface area contributed by atoms with Gasteiger partial charge in [0.25, 0.3) is 0 Å². The summed E-state index contributed by atoms with van der Waals surface area (Å²) in [6, 6.07) is 1.41. The van der Waals surface area contributed by atoms with Gasteiger partial charge < -0.3 is 5.32 Å². The monoisotopic (exact) mass is 196 g/mol. The molecule has 2 nitrogen and oxygen atoms in total. The molecule has 0 aromatic carbocycles. The molecule has 1 aliphatic rings. The average Bonchev–Trinajstić information content (AvgIpc) is 2.19. The van der Waals surface area contributed by atoms with Gasteiger partial charge in [-0.3, -0.25) is 4.90 Å². The summed E-state index contributed by atoms with van der Waals surface area (Å²) in [5.41, 5.74) is 0. The maximum Gasteiger partial charge on any atom is 0.0222 e. The fourth-order valence-electron chi connectivity index (χ4n) is 2.26. The number of rotatable bonds is 5. The van der Waals surface area contributed by atoms with Crippen LogP contribution < -0.4 is 5.32 Å². The first-order valence-electron chi connectivity index (χ1n) is 5.90. The molecule has 0 bridgehead atoms. The Morgan fingerprint density at radius 1 is 1.50 bits per heavy atom. The first-order chi connectivity index (χ1) is 6.81. The van der Waals surface area contributed by atoms with Crippen LogP contribution in [-0.4, -0.2) is 36.6 Å². The quantitative estimate of drug-likeness (QED) is 0.677. The molecular weight excluding hydrogens is 172 g/mol. The van der Waals surface area contributed by atoms with E-state index in [0.717, 1.165) is 13.1 Å². The topological polar surface area (TPSA) is 15.3 Å². The standard InChI is InChI=1S/C12H24N2/c1-4-7-11-10-14(8-5-2)12(6-3)9-13-11/h5,11-13H,2,4,6-10H2,1,3H3. The predicted octanol–water partition coefficient (Wildman–Crippen LogP) is 2.02. The van der Waals surface area contributed by atoms with E-state index in [9.17, 15) is 0 Å². The molecule has 2 unspecified atom stereocenters. The van der Waals surface area contributed by atoms with Gasteiger partial charge in [0.15, 0.2) is 0 Å². The van der Waals surface area contributed by atoms with Gasteiger partial charge in [0.2, 0.25) is 0 Å². The maximum absolute atomic E-state index is 3.83. The van der Waals surface area contributed by atoms with E-state index in [4.69, 9.17) is 0 Å². The van der Waals surface area contributed by atoms with E-state index in [1.165, 1.54) is 25.8 Å². The highest BCUT2D eigenvalue weighted by molar-refractivity contribution is 4.88. The lowest BCUT2D eigenvalue weighted by Crippen LogP contribution is -2.56. The molecule has 1 aliphatic heterocycles. The Bertz CT molecular complexity index is 168. The Morgan fingerprint density at radius 3 is 2.86 bits per heavy atom. The lowest BCUT2D eigenvalue weighted by molar-refractivity contribution is 0.137. The summed E-state index contributed by atoms with van der Waals surface area (Å²) in [7, 11) is 0. The summed E-state index contributed by atoms with van der Waals surface area (Å²) in [6.07, 6.45) is 5.83. The molecule has 0 spiro atoms. The van der Waals surface area contributed by atoms with Crippen LogP contribution >= 0.6 is 0 Å². The molecule has 1 N–H and O–H groups in total. The molecule has 14 heavy (non-hydrogen) atoms. The second kappa shape index (κ2) is 6.20. The van der Waals surface area contributed by atoms with Gasteiger partial charge in [-0.1, -0.05) is 26.3 Å². The Balaban J connectivity index is 2.43. The smallest absolute Gasteiger partial charge is 0.0222 e. The molecule has 0 saturated carbocycles. The molecule has 2 heteroatoms. The Hall–Kier alpha value is -0.340. The highest BCUT2D eigenvalue weighted by atomic mass is 15.2. The van der Waals surface area contributed by atoms with E-state index in [1.54, 1.807) is 0 Å². The average molecular weight is 196 g/mol. The molecule has 0 aromatic heterocycles. The first kappa shape index (κ1) is 11.7. The molecule has 82 valence electrons. The molecule has 1 fully saturated rings. The molecule has 0 amide bonds. The Labute approximate surface area is 88.4 Å². The summed E-state index contributed by atoms with van der Waals surface area (Å²) in [6.45, 7) is 11.7. The minimum atomic E-state index is 0.697. The van der Waals surface area contributed by atoms with E-state index < -0.39 is 0 Å². The van der Waals surface area contributed by atoms with Gasteiger partial charge >= 0.3 is 0 Å². The van der Waals surface area contributed by atoms with Gasteiger partial charge in [-0.2, -0.15) is 0 Å². The van der Waals surface area contributed by atoms with Crippen LogP contribution in [0.5, 0.6) is 0 Å². The molecule has 0 aliphatic carbocycles. The van der Waals surface area contributed by atoms with Gasteiger partial charge in [-0.05, 0) is 12.8 Å². The van der Waals surface area contributed by atoms with E-state index in [1.807, 2.05) is 6.08 Å². The first-order valence-corrected chi connectivity index (χ1v) is 5.90. The highest BCUT2D eigenvalue weighted by Crippen LogP contribution is 2.12. The zero-order valence-corrected chi connectivity index (χ0v) is 9.63. The SMILES string of the molecule is C=CCN1CC(CCC)NCC1CC. The zero-order chi connectivity index (χ0) is 10.4. The van der Waals surface area contributed by atoms with Crippen LogP contribution in [0.4, 0.5) is 0 Å². The molecular formula is C12H24N2. The van der Waals surface area contributed by atoms with Crippen molar-refractivity contribution in [1.29, 1.82) is 0 Å². The third-order valence-electron chi connectivity index (χ3n) is 3.09. The molecule has 0 aromatic rings. The lowest BCUT2D eigenvalue weighted by Gasteiger charge is -2.39. The van der Waals surface area contributed by atoms with Crippen LogP contribution in [-0.2, 0) is 0 Å². The predicted molar refractivity (Wildman–Crippen MR) is 62.5 cm³/mol. The second-order valence-electron chi connectivity index (χ2n) is 4.20. The zero-order valence-electron chi connectivity index (χ0n) is 9.63. The van der Waals surface area contributed by atoms with Crippen molar-refractivity contribution in [3.8, 4) is 0 Å². The minimum absolute atomic E-state index is 0.697. The maximum atomic E-state index is 3.83. The largest absolute Gasteiger partial charge is 0.311 e. The van der Waals surface area contributed by atoms with Gasteiger partial charge in [0, 0.05) is 31.7 Å². The van der Waals surface area contributed by atoms with E-state index in [0.29, 0.717) is 12.1 Å². The van der Waals surface area contributed by atoms with Crippen molar-refractivity contribution in [2.24, 2.45) is 0 Å². The van der Waals surface area contributed by atoms with Crippen molar-refractivity contribution < 1.29 is 0 Å². The summed E-state index contributed by atoms with van der Waals surface area (Å²) in [5, 5.41) is 3.63. The van der Waals surface area contributed by atoms with Crippen molar-refractivity contribution in [3.63, 3.8) is 0 Å². The number of hydrogen-bond donors (Lipinski definition) is 1. The highest BCUT2D eigenvalue weighted by Gasteiger charge is 2.24. The van der Waals surface area contributed by atoms with Crippen molar-refractivity contribution >= 4 is 0 Å². The van der Waals surface area contributed by atoms with Crippen LogP contribution in [0.3, 0.4) is 0 Å². The fourth-order valence-corrected chi connectivity index (χ4v) is 2.26. The van der Waals surface area contributed by atoms with Crippen LogP contribution in [0, 0.1) is 0 Å². The molecule has 1 rings (SSSR count). The molecule has 0 radical (unpaired) electrons. The molecule has 1 heterocycles. The van der Waals surface area contributed by atoms with E-state index in [2.05, 4.69) is 30.6 Å². The summed E-state index contributed by atoms with van der Waals surface area (Å²) < 4.78 is 0. The number of nitrogens with zero attached hydrogens (tertiary/aromatic N) is 1. The number of piperazine rings is 1. The van der Waals surface area contributed by atoms with Crippen molar-refractivity contribution in [2.75, 3.05) is 19.6 Å². The lowest BCUT2D eigenvalue weighted by atomic mass is 10.0. The van der Waals surface area contributed by atoms with E-state index >= 15 is 0 Å². The van der Waals surface area contributed by atoms with Crippen molar-refractivity contribution in [1.82, 2.24) is 10.2 Å². The molecule has 1 saturated heterocycles. The Kier molecular flexibility index (Phi) is 5.20. The van der Waals surface area contributed by atoms with Crippen molar-refractivity contribution in [2.45, 2.75) is 45.2 Å². The number of nitrogens with one attached hydrogen (secondary N) is 1. The van der Waals surface area contributed by atoms with Gasteiger partial charge in [0.1, 0.15) is 0 Å². The number of hydrogen-bond acceptors (Lipinski definition) is 2. The van der Waals surface area contributed by atoms with Crippen LogP contribution in [0.25, 0.3) is 0 Å².